The van der Waals surface area contributed by atoms with Crippen LogP contribution >= 0.6 is 0 Å². The van der Waals surface area contributed by atoms with Crippen LogP contribution in [-0.4, -0.2) is 39.8 Å². The van der Waals surface area contributed by atoms with E-state index in [4.69, 9.17) is 9.26 Å². The molecule has 0 fully saturated rings. The van der Waals surface area contributed by atoms with Crippen molar-refractivity contribution in [3.8, 4) is 11.4 Å². The first-order valence-corrected chi connectivity index (χ1v) is 13.3. The smallest absolute Gasteiger partial charge is 0.447 e. The minimum Gasteiger partial charge on any atom is -0.447 e. The van der Waals surface area contributed by atoms with Crippen LogP contribution in [-0.2, 0) is 14.3 Å². The van der Waals surface area contributed by atoms with Crippen LogP contribution < -0.4 is 20.5 Å². The second kappa shape index (κ2) is 11.4. The van der Waals surface area contributed by atoms with Gasteiger partial charge in [0.2, 0.25) is 6.10 Å². The molecule has 0 radical (unpaired) electrons. The van der Waals surface area contributed by atoms with Crippen LogP contribution in [0.1, 0.15) is 39.3 Å². The van der Waals surface area contributed by atoms with Gasteiger partial charge in [-0.3, -0.25) is 28.5 Å². The molecule has 6 rings (SSSR count). The SMILES string of the molecule is CC(=O)OC(C(=O)Nc1ccc2c(N3C(=O)c4ccccc4C3=O)noc2c1)c1cccn(-c2ccc(OC(F)(F)F)cc2)c1=O. The average molecular weight is 633 g/mol. The number of carbonyl (C=O) groups is 4. The van der Waals surface area contributed by atoms with Crippen molar-refractivity contribution in [1.82, 2.24) is 9.72 Å². The Balaban J connectivity index is 1.26. The van der Waals surface area contributed by atoms with Gasteiger partial charge in [-0.05, 0) is 60.7 Å². The molecule has 15 heteroatoms. The summed E-state index contributed by atoms with van der Waals surface area (Å²) < 4.78 is 53.1. The van der Waals surface area contributed by atoms with Gasteiger partial charge in [0.15, 0.2) is 11.4 Å². The Morgan fingerprint density at radius 1 is 0.913 bits per heavy atom. The Kier molecular flexibility index (Phi) is 7.35. The molecule has 1 unspecified atom stereocenters. The van der Waals surface area contributed by atoms with Crippen LogP contribution in [0.2, 0.25) is 0 Å². The lowest BCUT2D eigenvalue weighted by Crippen LogP contribution is -2.32. The number of hydrogen-bond donors (Lipinski definition) is 1. The van der Waals surface area contributed by atoms with Crippen LogP contribution in [0.4, 0.5) is 24.7 Å². The Morgan fingerprint density at radius 3 is 2.22 bits per heavy atom. The number of alkyl halides is 3. The molecular weight excluding hydrogens is 613 g/mol. The van der Waals surface area contributed by atoms with Crippen molar-refractivity contribution in [3.05, 3.63) is 112 Å². The predicted molar refractivity (Wildman–Crippen MR) is 153 cm³/mol. The maximum Gasteiger partial charge on any atom is 0.573 e. The van der Waals surface area contributed by atoms with Crippen LogP contribution in [0.3, 0.4) is 0 Å². The first-order valence-electron chi connectivity index (χ1n) is 13.3. The molecule has 0 bridgehead atoms. The van der Waals surface area contributed by atoms with Gasteiger partial charge in [0.1, 0.15) is 5.75 Å². The van der Waals surface area contributed by atoms with Gasteiger partial charge < -0.3 is 19.3 Å². The number of esters is 1. The van der Waals surface area contributed by atoms with Crippen molar-refractivity contribution >= 4 is 46.2 Å². The fourth-order valence-electron chi connectivity index (χ4n) is 4.90. The standard InChI is InChI=1S/C31H19F3N4O8/c1-16(39)44-25(23-7-4-14-37(28(23)41)18-9-11-19(12-10-18)45-31(32,33)34)27(40)35-17-8-13-22-24(15-17)46-36-26(22)38-29(42)20-5-2-3-6-21(20)30(38)43/h2-15,25H,1H3,(H,35,40). The van der Waals surface area contributed by atoms with Crippen molar-refractivity contribution in [1.29, 1.82) is 0 Å². The normalized spacial score (nSPS) is 13.4. The van der Waals surface area contributed by atoms with Crippen LogP contribution in [0.25, 0.3) is 16.7 Å². The third kappa shape index (κ3) is 5.56. The van der Waals surface area contributed by atoms with Crippen molar-refractivity contribution < 1.29 is 46.3 Å². The topological polar surface area (TPSA) is 150 Å². The molecule has 1 aliphatic rings. The average Bonchev–Trinajstić information content (AvgIpc) is 3.53. The number of pyridine rings is 1. The molecule has 2 aromatic heterocycles. The maximum atomic E-state index is 13.4. The van der Waals surface area contributed by atoms with Gasteiger partial charge in [-0.25, -0.2) is 4.90 Å². The summed E-state index contributed by atoms with van der Waals surface area (Å²) in [5, 5.41) is 6.73. The summed E-state index contributed by atoms with van der Waals surface area (Å²) in [6, 6.07) is 17.6. The number of halogens is 3. The van der Waals surface area contributed by atoms with Gasteiger partial charge in [-0.15, -0.1) is 13.2 Å². The van der Waals surface area contributed by atoms with E-state index in [-0.39, 0.29) is 39.5 Å². The number of imide groups is 1. The van der Waals surface area contributed by atoms with Crippen molar-refractivity contribution in [2.24, 2.45) is 0 Å². The molecule has 3 amide bonds. The van der Waals surface area contributed by atoms with Gasteiger partial charge in [-0.2, -0.15) is 0 Å². The van der Waals surface area contributed by atoms with Crippen molar-refractivity contribution in [2.45, 2.75) is 19.4 Å². The first kappa shape index (κ1) is 29.8. The molecule has 0 spiro atoms. The number of hydrogen-bond acceptors (Lipinski definition) is 9. The number of benzene rings is 3. The molecule has 1 atom stereocenters. The highest BCUT2D eigenvalue weighted by Gasteiger charge is 2.39. The third-order valence-corrected chi connectivity index (χ3v) is 6.86. The monoisotopic (exact) mass is 632 g/mol. The van der Waals surface area contributed by atoms with E-state index in [2.05, 4.69) is 15.2 Å². The fraction of sp³-hybridized carbons (Fsp3) is 0.0968. The second-order valence-corrected chi connectivity index (χ2v) is 9.87. The molecule has 3 aromatic carbocycles. The summed E-state index contributed by atoms with van der Waals surface area (Å²) in [7, 11) is 0. The number of nitrogens with one attached hydrogen (secondary N) is 1. The fourth-order valence-corrected chi connectivity index (χ4v) is 4.90. The number of amides is 3. The number of fused-ring (bicyclic) bond motifs is 2. The van der Waals surface area contributed by atoms with Gasteiger partial charge >= 0.3 is 12.3 Å². The number of rotatable bonds is 7. The summed E-state index contributed by atoms with van der Waals surface area (Å²) in [5.41, 5.74) is -0.213. The van der Waals surface area contributed by atoms with Gasteiger partial charge in [0.05, 0.1) is 22.1 Å². The maximum absolute atomic E-state index is 13.4. The van der Waals surface area contributed by atoms with Crippen LogP contribution in [0.15, 0.2) is 94.4 Å². The van der Waals surface area contributed by atoms with Crippen LogP contribution in [0.5, 0.6) is 5.75 Å². The van der Waals surface area contributed by atoms with E-state index in [1.807, 2.05) is 0 Å². The lowest BCUT2D eigenvalue weighted by molar-refractivity contribution is -0.274. The Hall–Kier alpha value is -6.25. The predicted octanol–water partition coefficient (Wildman–Crippen LogP) is 4.92. The lowest BCUT2D eigenvalue weighted by atomic mass is 10.1. The molecule has 0 aliphatic carbocycles. The number of ether oxygens (including phenoxy) is 2. The molecule has 46 heavy (non-hydrogen) atoms. The second-order valence-electron chi connectivity index (χ2n) is 9.87. The number of anilines is 2. The van der Waals surface area contributed by atoms with E-state index in [0.717, 1.165) is 28.5 Å². The number of nitrogens with zero attached hydrogens (tertiary/aromatic N) is 3. The highest BCUT2D eigenvalue weighted by molar-refractivity contribution is 6.35. The van der Waals surface area contributed by atoms with E-state index in [1.165, 1.54) is 60.8 Å². The number of aromatic nitrogens is 2. The molecule has 232 valence electrons. The highest BCUT2D eigenvalue weighted by Crippen LogP contribution is 2.34. The molecular formula is C31H19F3N4O8. The quantitative estimate of drug-likeness (QED) is 0.195. The van der Waals surface area contributed by atoms with Gasteiger partial charge in [0, 0.05) is 30.6 Å². The van der Waals surface area contributed by atoms with E-state index >= 15 is 0 Å². The molecule has 5 aromatic rings. The molecule has 12 nitrogen and oxygen atoms in total. The summed E-state index contributed by atoms with van der Waals surface area (Å²) >= 11 is 0. The zero-order valence-electron chi connectivity index (χ0n) is 23.4. The Labute approximate surface area is 255 Å². The van der Waals surface area contributed by atoms with Crippen LogP contribution in [0, 0.1) is 0 Å². The van der Waals surface area contributed by atoms with Gasteiger partial charge in [-0.1, -0.05) is 17.3 Å². The summed E-state index contributed by atoms with van der Waals surface area (Å²) in [5.74, 6) is -3.48. The van der Waals surface area contributed by atoms with E-state index in [9.17, 15) is 37.1 Å². The zero-order chi connectivity index (χ0) is 32.7. The van der Waals surface area contributed by atoms with Gasteiger partial charge in [0.25, 0.3) is 23.3 Å². The Bertz CT molecular complexity index is 2070. The molecule has 1 aliphatic heterocycles. The summed E-state index contributed by atoms with van der Waals surface area (Å²) in [6.45, 7) is 1.04. The first-order chi connectivity index (χ1) is 21.9. The highest BCUT2D eigenvalue weighted by atomic mass is 19.4. The van der Waals surface area contributed by atoms with E-state index in [0.29, 0.717) is 5.39 Å². The van der Waals surface area contributed by atoms with E-state index in [1.54, 1.807) is 12.1 Å². The minimum atomic E-state index is -4.90. The molecule has 0 saturated carbocycles. The third-order valence-electron chi connectivity index (χ3n) is 6.86. The van der Waals surface area contributed by atoms with Crippen molar-refractivity contribution in [3.63, 3.8) is 0 Å². The minimum absolute atomic E-state index is 0.0419. The Morgan fingerprint density at radius 2 is 1.59 bits per heavy atom. The summed E-state index contributed by atoms with van der Waals surface area (Å²) in [4.78, 5) is 65.5. The van der Waals surface area contributed by atoms with E-state index < -0.39 is 47.5 Å². The zero-order valence-corrected chi connectivity index (χ0v) is 23.4. The molecule has 1 N–H and O–H groups in total. The largest absolute Gasteiger partial charge is 0.573 e. The molecule has 3 heterocycles. The molecule has 0 saturated heterocycles. The number of carbonyl (C=O) groups excluding carboxylic acids is 4. The lowest BCUT2D eigenvalue weighted by Gasteiger charge is -2.18. The van der Waals surface area contributed by atoms with Crippen molar-refractivity contribution in [2.75, 3.05) is 10.2 Å². The summed E-state index contributed by atoms with van der Waals surface area (Å²) in [6.07, 6.45) is -5.32.